The molecule has 2 aromatic carbocycles. The van der Waals surface area contributed by atoms with Crippen molar-refractivity contribution in [3.05, 3.63) is 48.5 Å². The van der Waals surface area contributed by atoms with Crippen molar-refractivity contribution in [3.63, 3.8) is 0 Å². The molecule has 0 radical (unpaired) electrons. The molecule has 16 nitrogen and oxygen atoms in total. The van der Waals surface area contributed by atoms with Crippen molar-refractivity contribution in [1.82, 2.24) is 18.7 Å². The normalized spacial score (nSPS) is 26.5. The highest BCUT2D eigenvalue weighted by molar-refractivity contribution is 7.85. The number of nitrogens with one attached hydrogen (secondary N) is 2. The molecular formula is C32H50N9O7P3. The van der Waals surface area contributed by atoms with Crippen LogP contribution in [0.15, 0.2) is 62.1 Å². The molecule has 2 aromatic rings. The van der Waals surface area contributed by atoms with Gasteiger partial charge < -0.3 is 43.3 Å². The highest BCUT2D eigenvalue weighted by atomic mass is 31.3. The fraction of sp³-hybridized carbons (Fsp3) is 0.625. The maximum absolute atomic E-state index is 6.37. The third-order valence-corrected chi connectivity index (χ3v) is 21.2. The Hall–Kier alpha value is -2.03. The number of para-hydroxylation sites is 4. The van der Waals surface area contributed by atoms with Gasteiger partial charge in [-0.05, 0) is 24.3 Å². The summed E-state index contributed by atoms with van der Waals surface area (Å²) in [7, 11) is -8.96. The van der Waals surface area contributed by atoms with Crippen LogP contribution in [0.3, 0.4) is 0 Å². The summed E-state index contributed by atoms with van der Waals surface area (Å²) in [6.07, 6.45) is 0. The Morgan fingerprint density at radius 1 is 0.412 bits per heavy atom. The van der Waals surface area contributed by atoms with Crippen molar-refractivity contribution in [2.45, 2.75) is 0 Å². The van der Waals surface area contributed by atoms with Gasteiger partial charge in [-0.3, -0.25) is 0 Å². The van der Waals surface area contributed by atoms with E-state index in [0.29, 0.717) is 79.3 Å². The zero-order chi connectivity index (χ0) is 34.4. The van der Waals surface area contributed by atoms with Crippen LogP contribution in [0.2, 0.25) is 0 Å². The van der Waals surface area contributed by atoms with Crippen LogP contribution >= 0.6 is 22.5 Å². The summed E-state index contributed by atoms with van der Waals surface area (Å²) in [5.74, 6) is 1.44. The first-order valence-electron chi connectivity index (χ1n) is 18.0. The molecule has 0 amide bonds. The molecule has 0 bridgehead atoms. The van der Waals surface area contributed by atoms with Crippen molar-refractivity contribution < 1.29 is 33.2 Å². The SMILES string of the molecule is c1ccc2c(c1)NP1(=NP(N3CCOCC3)(N3CCOCC3)=NP(N3CCOCC3)(N3CCOCC3)=N1)Nc1ccccc1OCCOCCO2. The number of rotatable bonds is 4. The fourth-order valence-corrected chi connectivity index (χ4v) is 21.4. The minimum absolute atomic E-state index is 0.398. The molecule has 6 aliphatic heterocycles. The summed E-state index contributed by atoms with van der Waals surface area (Å²) < 4.78 is 70.9. The summed E-state index contributed by atoms with van der Waals surface area (Å²) >= 11 is 0. The van der Waals surface area contributed by atoms with Gasteiger partial charge in [-0.25, -0.2) is 18.7 Å². The molecule has 0 aromatic heterocycles. The van der Waals surface area contributed by atoms with E-state index in [1.807, 2.05) is 36.4 Å². The largest absolute Gasteiger partial charge is 0.489 e. The molecule has 4 fully saturated rings. The van der Waals surface area contributed by atoms with Gasteiger partial charge in [0.25, 0.3) is 7.51 Å². The summed E-state index contributed by atoms with van der Waals surface area (Å²) in [5.41, 5.74) is 1.62. The van der Waals surface area contributed by atoms with Gasteiger partial charge >= 0.3 is 0 Å². The van der Waals surface area contributed by atoms with E-state index in [1.54, 1.807) is 0 Å². The monoisotopic (exact) mass is 765 g/mol. The van der Waals surface area contributed by atoms with Gasteiger partial charge in [0.05, 0.1) is 77.4 Å². The topological polar surface area (TPSA) is 139 Å². The maximum Gasteiger partial charge on any atom is 0.267 e. The van der Waals surface area contributed by atoms with Crippen LogP contribution in [0.4, 0.5) is 11.4 Å². The van der Waals surface area contributed by atoms with Crippen LogP contribution in [0.1, 0.15) is 0 Å². The predicted molar refractivity (Wildman–Crippen MR) is 200 cm³/mol. The van der Waals surface area contributed by atoms with Crippen molar-refractivity contribution in [2.75, 3.05) is 142 Å². The lowest BCUT2D eigenvalue weighted by Gasteiger charge is -2.52. The maximum atomic E-state index is 6.37. The molecule has 4 saturated heterocycles. The molecule has 51 heavy (non-hydrogen) atoms. The molecule has 2 N–H and O–H groups in total. The second kappa shape index (κ2) is 16.5. The molecule has 0 unspecified atom stereocenters. The lowest BCUT2D eigenvalue weighted by molar-refractivity contribution is 0.0548. The van der Waals surface area contributed by atoms with Gasteiger partial charge in [-0.2, -0.15) is 13.5 Å². The van der Waals surface area contributed by atoms with Crippen molar-refractivity contribution in [2.24, 2.45) is 13.5 Å². The molecule has 1 spiro atoms. The quantitative estimate of drug-likeness (QED) is 0.396. The average molecular weight is 766 g/mol. The Balaban J connectivity index is 1.44. The van der Waals surface area contributed by atoms with Crippen LogP contribution in [-0.2, 0) is 23.7 Å². The smallest absolute Gasteiger partial charge is 0.267 e. The molecule has 0 atom stereocenters. The predicted octanol–water partition coefficient (Wildman–Crippen LogP) is 5.18. The van der Waals surface area contributed by atoms with Crippen molar-refractivity contribution in [3.8, 4) is 11.5 Å². The van der Waals surface area contributed by atoms with E-state index in [2.05, 4.69) is 41.0 Å². The Morgan fingerprint density at radius 2 is 0.765 bits per heavy atom. The van der Waals surface area contributed by atoms with Crippen LogP contribution in [0.25, 0.3) is 0 Å². The molecular weight excluding hydrogens is 715 g/mol. The van der Waals surface area contributed by atoms with E-state index in [9.17, 15) is 0 Å². The first kappa shape index (κ1) is 36.0. The number of morpholine rings is 4. The van der Waals surface area contributed by atoms with E-state index in [-0.39, 0.29) is 0 Å². The van der Waals surface area contributed by atoms with Gasteiger partial charge in [-0.1, -0.05) is 24.3 Å². The highest BCUT2D eigenvalue weighted by Gasteiger charge is 2.50. The lowest BCUT2D eigenvalue weighted by Crippen LogP contribution is -2.45. The minimum Gasteiger partial charge on any atom is -0.489 e. The van der Waals surface area contributed by atoms with Gasteiger partial charge in [0.2, 0.25) is 15.0 Å². The first-order valence-corrected chi connectivity index (χ1v) is 22.9. The summed E-state index contributed by atoms with van der Waals surface area (Å²) in [6.45, 7) is 12.5. The fourth-order valence-electron chi connectivity index (χ4n) is 7.01. The molecule has 0 saturated carbocycles. The lowest BCUT2D eigenvalue weighted by atomic mass is 10.3. The molecule has 6 aliphatic rings. The van der Waals surface area contributed by atoms with E-state index in [1.165, 1.54) is 0 Å². The number of benzene rings is 2. The minimum atomic E-state index is -3.20. The van der Waals surface area contributed by atoms with Crippen LogP contribution < -0.4 is 19.6 Å². The van der Waals surface area contributed by atoms with E-state index in [0.717, 1.165) is 75.2 Å². The number of anilines is 2. The van der Waals surface area contributed by atoms with Gasteiger partial charge in [0.15, 0.2) is 0 Å². The Kier molecular flexibility index (Phi) is 11.7. The highest BCUT2D eigenvalue weighted by Crippen LogP contribution is 2.81. The van der Waals surface area contributed by atoms with E-state index in [4.69, 9.17) is 46.7 Å². The molecule has 19 heteroatoms. The second-order valence-corrected chi connectivity index (χ2v) is 20.9. The second-order valence-electron chi connectivity index (χ2n) is 12.7. The number of fused-ring (bicyclic) bond motifs is 2. The molecule has 280 valence electrons. The van der Waals surface area contributed by atoms with Gasteiger partial charge in [0, 0.05) is 52.4 Å². The summed E-state index contributed by atoms with van der Waals surface area (Å²) in [5, 5.41) is 7.97. The Labute approximate surface area is 300 Å². The van der Waals surface area contributed by atoms with Crippen molar-refractivity contribution >= 4 is 33.9 Å². The Bertz CT molecular complexity index is 1520. The van der Waals surface area contributed by atoms with Gasteiger partial charge in [-0.15, -0.1) is 0 Å². The standard InChI is InChI=1S/C32H50N9O7P3/c1-3-7-31-29(5-1)33-49(34-30-6-2-4-8-32(30)48-28-26-46-25-27-47-31)35-50(38-9-17-42-18-10-38,39-11-19-43-20-12-39)37-51(36-49,40-13-21-44-22-14-40)41-15-23-45-24-16-41/h1-8,33-34H,9-28H2. The van der Waals surface area contributed by atoms with Crippen LogP contribution in [0, 0.1) is 0 Å². The summed E-state index contributed by atoms with van der Waals surface area (Å²) in [6, 6.07) is 16.1. The first-order chi connectivity index (χ1) is 25.2. The van der Waals surface area contributed by atoms with E-state index < -0.39 is 22.5 Å². The molecule has 8 rings (SSSR count). The Morgan fingerprint density at radius 3 is 1.18 bits per heavy atom. The number of hydrogen-bond acceptors (Lipinski definition) is 16. The van der Waals surface area contributed by atoms with Crippen LogP contribution in [-0.4, -0.2) is 150 Å². The summed E-state index contributed by atoms with van der Waals surface area (Å²) in [4.78, 5) is 0. The molecule has 0 aliphatic carbocycles. The van der Waals surface area contributed by atoms with Crippen molar-refractivity contribution in [1.29, 1.82) is 0 Å². The van der Waals surface area contributed by atoms with Crippen LogP contribution in [0.5, 0.6) is 11.5 Å². The third-order valence-electron chi connectivity index (χ3n) is 9.50. The zero-order valence-corrected chi connectivity index (χ0v) is 31.8. The number of ether oxygens (including phenoxy) is 7. The molecule has 6 heterocycles. The zero-order valence-electron chi connectivity index (χ0n) is 29.1. The van der Waals surface area contributed by atoms with E-state index >= 15 is 0 Å². The third kappa shape index (κ3) is 7.80. The average Bonchev–Trinajstić information content (AvgIpc) is 3.19. The number of nitrogens with zero attached hydrogens (tertiary/aromatic N) is 7. The number of hydrogen-bond donors (Lipinski definition) is 2. The van der Waals surface area contributed by atoms with Gasteiger partial charge in [0.1, 0.15) is 24.7 Å².